The number of fused-ring (bicyclic) bond motifs is 1. The minimum atomic E-state index is 0.0659. The largest absolute Gasteiger partial charge is 0.342 e. The number of para-hydroxylation sites is 3. The Bertz CT molecular complexity index is 825. The number of carbonyl (C=O) groups excluding carboxylic acids is 1. The predicted molar refractivity (Wildman–Crippen MR) is 87.3 cm³/mol. The van der Waals surface area contributed by atoms with Crippen molar-refractivity contribution in [3.63, 3.8) is 0 Å². The van der Waals surface area contributed by atoms with Gasteiger partial charge < -0.3 is 9.88 Å². The van der Waals surface area contributed by atoms with Crippen molar-refractivity contribution in [3.8, 4) is 0 Å². The lowest BCUT2D eigenvalue weighted by molar-refractivity contribution is -0.117. The first-order valence-corrected chi connectivity index (χ1v) is 7.60. The van der Waals surface area contributed by atoms with E-state index in [1.54, 1.807) is 11.0 Å². The summed E-state index contributed by atoms with van der Waals surface area (Å²) in [6, 6.07) is 15.3. The first-order valence-electron chi connectivity index (χ1n) is 7.22. The molecule has 1 aliphatic rings. The van der Waals surface area contributed by atoms with E-state index in [1.165, 1.54) is 0 Å². The van der Waals surface area contributed by atoms with Crippen molar-refractivity contribution in [2.24, 2.45) is 0 Å². The van der Waals surface area contributed by atoms with Crippen molar-refractivity contribution < 1.29 is 4.79 Å². The molecule has 0 radical (unpaired) electrons. The number of nitrogens with zero attached hydrogens (tertiary/aromatic N) is 2. The van der Waals surface area contributed by atoms with Gasteiger partial charge in [0, 0.05) is 18.9 Å². The molecule has 1 atom stereocenters. The monoisotopic (exact) mass is 311 g/mol. The molecular formula is C17H14ClN3O. The number of aromatic nitrogens is 2. The van der Waals surface area contributed by atoms with Crippen LogP contribution in [0.5, 0.6) is 0 Å². The van der Waals surface area contributed by atoms with Gasteiger partial charge in [-0.15, -0.1) is 0 Å². The summed E-state index contributed by atoms with van der Waals surface area (Å²) in [6.07, 6.45) is 0.449. The maximum absolute atomic E-state index is 12.4. The van der Waals surface area contributed by atoms with Crippen LogP contribution in [0.25, 0.3) is 11.0 Å². The maximum Gasteiger partial charge on any atom is 0.227 e. The molecule has 0 unspecified atom stereocenters. The molecule has 1 aliphatic heterocycles. The minimum Gasteiger partial charge on any atom is -0.342 e. The lowest BCUT2D eigenvalue weighted by Gasteiger charge is -2.17. The molecule has 2 aromatic carbocycles. The van der Waals surface area contributed by atoms with Crippen LogP contribution in [0.2, 0.25) is 5.02 Å². The van der Waals surface area contributed by atoms with Gasteiger partial charge in [-0.25, -0.2) is 4.98 Å². The smallest absolute Gasteiger partial charge is 0.227 e. The van der Waals surface area contributed by atoms with Gasteiger partial charge in [0.05, 0.1) is 21.7 Å². The fourth-order valence-corrected chi connectivity index (χ4v) is 3.20. The van der Waals surface area contributed by atoms with E-state index in [-0.39, 0.29) is 11.8 Å². The van der Waals surface area contributed by atoms with Gasteiger partial charge in [-0.1, -0.05) is 35.9 Å². The standard InChI is InChI=1S/C17H14ClN3O/c18-12-5-1-4-8-15(12)21-10-11(9-16(21)22)17-19-13-6-2-3-7-14(13)20-17/h1-8,11H,9-10H2,(H,19,20)/t11-/m1/s1. The molecule has 22 heavy (non-hydrogen) atoms. The molecule has 1 saturated heterocycles. The maximum atomic E-state index is 12.4. The molecular weight excluding hydrogens is 298 g/mol. The van der Waals surface area contributed by atoms with E-state index < -0.39 is 0 Å². The minimum absolute atomic E-state index is 0.0659. The predicted octanol–water partition coefficient (Wildman–Crippen LogP) is 3.74. The molecule has 1 fully saturated rings. The van der Waals surface area contributed by atoms with Crippen LogP contribution < -0.4 is 4.90 Å². The third kappa shape index (κ3) is 2.16. The zero-order chi connectivity index (χ0) is 15.1. The Balaban J connectivity index is 1.66. The average Bonchev–Trinajstić information content (AvgIpc) is 3.11. The van der Waals surface area contributed by atoms with E-state index >= 15 is 0 Å². The fourth-order valence-electron chi connectivity index (χ4n) is 2.96. The lowest BCUT2D eigenvalue weighted by Crippen LogP contribution is -2.24. The first-order chi connectivity index (χ1) is 10.7. The number of carbonyl (C=O) groups is 1. The van der Waals surface area contributed by atoms with Gasteiger partial charge in [0.1, 0.15) is 5.82 Å². The Labute approximate surface area is 132 Å². The Hall–Kier alpha value is -2.33. The number of imidazole rings is 1. The average molecular weight is 312 g/mol. The van der Waals surface area contributed by atoms with Gasteiger partial charge in [0.2, 0.25) is 5.91 Å². The van der Waals surface area contributed by atoms with E-state index in [1.807, 2.05) is 42.5 Å². The number of anilines is 1. The highest BCUT2D eigenvalue weighted by Crippen LogP contribution is 2.34. The van der Waals surface area contributed by atoms with Crippen LogP contribution >= 0.6 is 11.6 Å². The molecule has 2 heterocycles. The number of halogens is 1. The fraction of sp³-hybridized carbons (Fsp3) is 0.176. The number of nitrogens with one attached hydrogen (secondary N) is 1. The van der Waals surface area contributed by atoms with Crippen LogP contribution in [0.3, 0.4) is 0 Å². The van der Waals surface area contributed by atoms with E-state index in [0.717, 1.165) is 22.5 Å². The number of hydrogen-bond donors (Lipinski definition) is 1. The van der Waals surface area contributed by atoms with Gasteiger partial charge >= 0.3 is 0 Å². The highest BCUT2D eigenvalue weighted by Gasteiger charge is 2.34. The molecule has 0 aliphatic carbocycles. The lowest BCUT2D eigenvalue weighted by atomic mass is 10.1. The molecule has 110 valence electrons. The highest BCUT2D eigenvalue weighted by atomic mass is 35.5. The highest BCUT2D eigenvalue weighted by molar-refractivity contribution is 6.33. The second-order valence-electron chi connectivity index (χ2n) is 5.50. The van der Waals surface area contributed by atoms with Crippen molar-refractivity contribution in [1.82, 2.24) is 9.97 Å². The molecule has 0 bridgehead atoms. The van der Waals surface area contributed by atoms with Crippen molar-refractivity contribution in [2.45, 2.75) is 12.3 Å². The van der Waals surface area contributed by atoms with Crippen molar-refractivity contribution in [1.29, 1.82) is 0 Å². The summed E-state index contributed by atoms with van der Waals surface area (Å²) < 4.78 is 0. The molecule has 5 heteroatoms. The zero-order valence-corrected chi connectivity index (χ0v) is 12.5. The SMILES string of the molecule is O=C1C[C@@H](c2nc3ccccc3[nH]2)CN1c1ccccc1Cl. The molecule has 1 aromatic heterocycles. The van der Waals surface area contributed by atoms with Crippen molar-refractivity contribution >= 4 is 34.2 Å². The van der Waals surface area contributed by atoms with Gasteiger partial charge in [-0.2, -0.15) is 0 Å². The molecule has 1 amide bonds. The van der Waals surface area contributed by atoms with Crippen LogP contribution in [-0.2, 0) is 4.79 Å². The van der Waals surface area contributed by atoms with Crippen LogP contribution in [0, 0.1) is 0 Å². The summed E-state index contributed by atoms with van der Waals surface area (Å²) in [5.41, 5.74) is 2.70. The molecule has 3 aromatic rings. The number of rotatable bonds is 2. The Morgan fingerprint density at radius 2 is 1.91 bits per heavy atom. The van der Waals surface area contributed by atoms with Gasteiger partial charge in [-0.05, 0) is 24.3 Å². The van der Waals surface area contributed by atoms with Gasteiger partial charge in [-0.3, -0.25) is 4.79 Å². The zero-order valence-electron chi connectivity index (χ0n) is 11.8. The third-order valence-electron chi connectivity index (χ3n) is 4.06. The van der Waals surface area contributed by atoms with E-state index in [4.69, 9.17) is 11.6 Å². The Kier molecular flexibility index (Phi) is 3.12. The van der Waals surface area contributed by atoms with E-state index in [2.05, 4.69) is 9.97 Å². The van der Waals surface area contributed by atoms with Crippen molar-refractivity contribution in [3.05, 3.63) is 59.4 Å². The summed E-state index contributed by atoms with van der Waals surface area (Å²) in [5, 5.41) is 0.598. The summed E-state index contributed by atoms with van der Waals surface area (Å²) in [6.45, 7) is 0.600. The second kappa shape index (κ2) is 5.14. The second-order valence-corrected chi connectivity index (χ2v) is 5.90. The topological polar surface area (TPSA) is 49.0 Å². The third-order valence-corrected chi connectivity index (χ3v) is 4.38. The van der Waals surface area contributed by atoms with Crippen molar-refractivity contribution in [2.75, 3.05) is 11.4 Å². The molecule has 4 rings (SSSR count). The van der Waals surface area contributed by atoms with Gasteiger partial charge in [0.25, 0.3) is 0 Å². The number of hydrogen-bond acceptors (Lipinski definition) is 2. The normalized spacial score (nSPS) is 18.3. The van der Waals surface area contributed by atoms with Crippen LogP contribution in [-0.4, -0.2) is 22.4 Å². The summed E-state index contributed by atoms with van der Waals surface area (Å²) in [5.74, 6) is 1.01. The molecule has 1 N–H and O–H groups in total. The van der Waals surface area contributed by atoms with Crippen LogP contribution in [0.15, 0.2) is 48.5 Å². The first kappa shape index (κ1) is 13.3. The molecule has 4 nitrogen and oxygen atoms in total. The van der Waals surface area contributed by atoms with Gasteiger partial charge in [0.15, 0.2) is 0 Å². The molecule has 0 spiro atoms. The Morgan fingerprint density at radius 1 is 1.14 bits per heavy atom. The number of H-pyrrole nitrogens is 1. The van der Waals surface area contributed by atoms with E-state index in [0.29, 0.717) is 18.0 Å². The summed E-state index contributed by atoms with van der Waals surface area (Å²) in [7, 11) is 0. The quantitative estimate of drug-likeness (QED) is 0.784. The number of amides is 1. The molecule has 0 saturated carbocycles. The summed E-state index contributed by atoms with van der Waals surface area (Å²) >= 11 is 6.21. The summed E-state index contributed by atoms with van der Waals surface area (Å²) in [4.78, 5) is 22.0. The van der Waals surface area contributed by atoms with E-state index in [9.17, 15) is 4.79 Å². The number of benzene rings is 2. The Morgan fingerprint density at radius 3 is 2.73 bits per heavy atom. The van der Waals surface area contributed by atoms with Crippen LogP contribution in [0.4, 0.5) is 5.69 Å². The number of aromatic amines is 1. The van der Waals surface area contributed by atoms with Crippen LogP contribution in [0.1, 0.15) is 18.2 Å².